The highest BCUT2D eigenvalue weighted by Gasteiger charge is 2.60. The lowest BCUT2D eigenvalue weighted by molar-refractivity contribution is -0.151. The number of carbonyl (C=O) groups is 2. The normalized spacial score (nSPS) is 24.1. The monoisotopic (exact) mass is 621 g/mol. The fourth-order valence-corrected chi connectivity index (χ4v) is 6.44. The van der Waals surface area contributed by atoms with Gasteiger partial charge >= 0.3 is 12.3 Å². The van der Waals surface area contributed by atoms with E-state index in [-0.39, 0.29) is 43.0 Å². The van der Waals surface area contributed by atoms with Crippen molar-refractivity contribution in [3.63, 3.8) is 0 Å². The van der Waals surface area contributed by atoms with Gasteiger partial charge in [-0.2, -0.15) is 13.2 Å². The molecule has 3 heterocycles. The molecule has 0 unspecified atom stereocenters. The lowest BCUT2D eigenvalue weighted by Gasteiger charge is -2.54. The standard InChI is InChI=1S/C31H39F4N5O4/c1-17(20-8-7-9-22(23(20)32)31(33,34)35)36-25-21-14-40(19-10-12-29(6,43)13-11-19)26(41)30(24(21)37-18(2)38-25)15-39(16-30)27(42)44-28(3,4)5/h7-9,17,19,43H,10-16H2,1-6H3,(H,36,37,38)/t17-,19?,29?/m1/s1. The Kier molecular flexibility index (Phi) is 7.87. The molecule has 1 saturated heterocycles. The summed E-state index contributed by atoms with van der Waals surface area (Å²) in [5, 5.41) is 13.7. The number of carbonyl (C=O) groups excluding carboxylic acids is 2. The summed E-state index contributed by atoms with van der Waals surface area (Å²) < 4.78 is 60.9. The molecule has 0 bridgehead atoms. The summed E-state index contributed by atoms with van der Waals surface area (Å²) in [6.45, 7) is 10.4. The number of aliphatic hydroxyl groups is 1. The van der Waals surface area contributed by atoms with Crippen LogP contribution in [-0.4, -0.2) is 67.2 Å². The van der Waals surface area contributed by atoms with Crippen LogP contribution in [0.15, 0.2) is 18.2 Å². The van der Waals surface area contributed by atoms with Gasteiger partial charge in [-0.05, 0) is 73.3 Å². The first-order valence-electron chi connectivity index (χ1n) is 14.8. The number of aryl methyl sites for hydroxylation is 1. The third kappa shape index (κ3) is 5.94. The second-order valence-corrected chi connectivity index (χ2v) is 13.6. The van der Waals surface area contributed by atoms with E-state index in [9.17, 15) is 27.9 Å². The van der Waals surface area contributed by atoms with Gasteiger partial charge in [0, 0.05) is 30.3 Å². The Morgan fingerprint density at radius 2 is 1.80 bits per heavy atom. The van der Waals surface area contributed by atoms with E-state index in [0.29, 0.717) is 48.8 Å². The third-order valence-corrected chi connectivity index (χ3v) is 8.77. The Morgan fingerprint density at radius 3 is 2.39 bits per heavy atom. The predicted octanol–water partition coefficient (Wildman–Crippen LogP) is 5.64. The van der Waals surface area contributed by atoms with Crippen molar-refractivity contribution >= 4 is 17.8 Å². The van der Waals surface area contributed by atoms with Crippen LogP contribution in [0.2, 0.25) is 0 Å². The van der Waals surface area contributed by atoms with E-state index in [1.165, 1.54) is 11.0 Å². The molecule has 0 radical (unpaired) electrons. The predicted molar refractivity (Wildman–Crippen MR) is 153 cm³/mol. The summed E-state index contributed by atoms with van der Waals surface area (Å²) in [7, 11) is 0. The summed E-state index contributed by atoms with van der Waals surface area (Å²) in [5.74, 6) is -0.952. The van der Waals surface area contributed by atoms with Gasteiger partial charge in [-0.3, -0.25) is 4.79 Å². The summed E-state index contributed by atoms with van der Waals surface area (Å²) in [6, 6.07) is 2.05. The van der Waals surface area contributed by atoms with Crippen molar-refractivity contribution < 1.29 is 37.0 Å². The van der Waals surface area contributed by atoms with E-state index >= 15 is 4.39 Å². The molecule has 2 fully saturated rings. The van der Waals surface area contributed by atoms with Crippen LogP contribution in [0.4, 0.5) is 28.2 Å². The summed E-state index contributed by atoms with van der Waals surface area (Å²) in [6.07, 6.45) is -3.25. The van der Waals surface area contributed by atoms with Crippen molar-refractivity contribution in [2.75, 3.05) is 18.4 Å². The maximum atomic E-state index is 15.1. The molecule has 5 rings (SSSR count). The van der Waals surface area contributed by atoms with E-state index in [0.717, 1.165) is 6.07 Å². The van der Waals surface area contributed by atoms with Crippen molar-refractivity contribution in [2.24, 2.45) is 0 Å². The number of benzene rings is 1. The Morgan fingerprint density at radius 1 is 1.16 bits per heavy atom. The van der Waals surface area contributed by atoms with Crippen LogP contribution < -0.4 is 5.32 Å². The number of nitrogens with zero attached hydrogens (tertiary/aromatic N) is 4. The molecular formula is C31H39F4N5O4. The SMILES string of the molecule is Cc1nc(N[C@H](C)c2cccc(C(F)(F)F)c2F)c2c(n1)C1(CN(C(=O)OC(C)(C)C)C1)C(=O)N(C1CCC(C)(O)CC1)C2. The molecule has 9 nitrogen and oxygen atoms in total. The largest absolute Gasteiger partial charge is 0.444 e. The topological polar surface area (TPSA) is 108 Å². The minimum absolute atomic E-state index is 0.0301. The molecule has 1 atom stereocenters. The van der Waals surface area contributed by atoms with Crippen molar-refractivity contribution in [1.29, 1.82) is 0 Å². The van der Waals surface area contributed by atoms with Gasteiger partial charge in [0.25, 0.3) is 0 Å². The fraction of sp³-hybridized carbons (Fsp3) is 0.613. The smallest absolute Gasteiger partial charge is 0.419 e. The van der Waals surface area contributed by atoms with Crippen molar-refractivity contribution in [3.05, 3.63) is 52.2 Å². The summed E-state index contributed by atoms with van der Waals surface area (Å²) >= 11 is 0. The van der Waals surface area contributed by atoms with Gasteiger partial charge in [-0.1, -0.05) is 12.1 Å². The van der Waals surface area contributed by atoms with E-state index in [1.807, 2.05) is 0 Å². The van der Waals surface area contributed by atoms with Gasteiger partial charge in [0.1, 0.15) is 28.5 Å². The number of hydrogen-bond donors (Lipinski definition) is 2. The molecule has 2 N–H and O–H groups in total. The number of halogens is 4. The second kappa shape index (κ2) is 10.8. The number of rotatable bonds is 4. The zero-order valence-corrected chi connectivity index (χ0v) is 25.8. The second-order valence-electron chi connectivity index (χ2n) is 13.6. The number of hydrogen-bond acceptors (Lipinski definition) is 7. The first kappa shape index (κ1) is 31.9. The van der Waals surface area contributed by atoms with Crippen LogP contribution in [-0.2, 0) is 27.7 Å². The number of aromatic nitrogens is 2. The number of fused-ring (bicyclic) bond motifs is 2. The lowest BCUT2D eigenvalue weighted by Crippen LogP contribution is -2.71. The molecule has 1 spiro atoms. The van der Waals surface area contributed by atoms with Crippen molar-refractivity contribution in [2.45, 2.75) is 109 Å². The van der Waals surface area contributed by atoms with E-state index in [2.05, 4.69) is 15.3 Å². The van der Waals surface area contributed by atoms with Gasteiger partial charge in [-0.15, -0.1) is 0 Å². The zero-order chi connectivity index (χ0) is 32.4. The minimum atomic E-state index is -4.85. The molecule has 13 heteroatoms. The number of anilines is 1. The van der Waals surface area contributed by atoms with Gasteiger partial charge in [-0.25, -0.2) is 19.2 Å². The molecule has 1 aromatic heterocycles. The van der Waals surface area contributed by atoms with Crippen LogP contribution >= 0.6 is 0 Å². The van der Waals surface area contributed by atoms with Crippen LogP contribution in [0.3, 0.4) is 0 Å². The number of alkyl halides is 3. The molecule has 3 aliphatic rings. The van der Waals surface area contributed by atoms with Crippen molar-refractivity contribution in [3.8, 4) is 0 Å². The lowest BCUT2D eigenvalue weighted by atomic mass is 9.70. The maximum Gasteiger partial charge on any atom is 0.419 e. The molecule has 1 aliphatic carbocycles. The Hall–Kier alpha value is -3.48. The molecule has 240 valence electrons. The van der Waals surface area contributed by atoms with Gasteiger partial charge < -0.3 is 25.0 Å². The summed E-state index contributed by atoms with van der Waals surface area (Å²) in [4.78, 5) is 39.6. The average Bonchev–Trinajstić information content (AvgIpc) is 2.86. The highest BCUT2D eigenvalue weighted by atomic mass is 19.4. The summed E-state index contributed by atoms with van der Waals surface area (Å²) in [5.41, 5.74) is -3.28. The van der Waals surface area contributed by atoms with E-state index < -0.39 is 46.3 Å². The Bertz CT molecular complexity index is 1460. The van der Waals surface area contributed by atoms with Crippen LogP contribution in [0.25, 0.3) is 0 Å². The number of amides is 2. The van der Waals surface area contributed by atoms with E-state index in [1.54, 1.807) is 46.4 Å². The molecule has 2 amide bonds. The minimum Gasteiger partial charge on any atom is -0.444 e. The average molecular weight is 622 g/mol. The highest BCUT2D eigenvalue weighted by molar-refractivity contribution is 5.94. The van der Waals surface area contributed by atoms with Crippen molar-refractivity contribution in [1.82, 2.24) is 19.8 Å². The molecule has 2 aromatic rings. The van der Waals surface area contributed by atoms with E-state index in [4.69, 9.17) is 4.74 Å². The molecule has 1 saturated carbocycles. The van der Waals surface area contributed by atoms with Gasteiger partial charge in [0.2, 0.25) is 5.91 Å². The highest BCUT2D eigenvalue weighted by Crippen LogP contribution is 2.46. The van der Waals surface area contributed by atoms with Gasteiger partial charge in [0.05, 0.1) is 29.4 Å². The number of ether oxygens (including phenoxy) is 1. The number of likely N-dealkylation sites (tertiary alicyclic amines) is 1. The fourth-order valence-electron chi connectivity index (χ4n) is 6.44. The first-order valence-corrected chi connectivity index (χ1v) is 14.8. The Balaban J connectivity index is 1.53. The van der Waals surface area contributed by atoms with Crippen LogP contribution in [0.5, 0.6) is 0 Å². The molecule has 2 aliphatic heterocycles. The Labute approximate surface area is 254 Å². The molecule has 44 heavy (non-hydrogen) atoms. The molecule has 1 aromatic carbocycles. The van der Waals surface area contributed by atoms with Gasteiger partial charge in [0.15, 0.2) is 0 Å². The maximum absolute atomic E-state index is 15.1. The van der Waals surface area contributed by atoms with Crippen LogP contribution in [0, 0.1) is 12.7 Å². The quantitative estimate of drug-likeness (QED) is 0.426. The third-order valence-electron chi connectivity index (χ3n) is 8.77. The number of nitrogens with one attached hydrogen (secondary N) is 1. The zero-order valence-electron chi connectivity index (χ0n) is 25.8. The molecular weight excluding hydrogens is 582 g/mol. The first-order chi connectivity index (χ1) is 20.3. The van der Waals surface area contributed by atoms with Crippen LogP contribution in [0.1, 0.15) is 94.6 Å².